The molecule has 19 heavy (non-hydrogen) atoms. The number of ether oxygens (including phenoxy) is 1. The molecule has 0 radical (unpaired) electrons. The van der Waals surface area contributed by atoms with Crippen molar-refractivity contribution in [1.29, 1.82) is 0 Å². The highest BCUT2D eigenvalue weighted by atomic mass is 16.5. The second-order valence-corrected chi connectivity index (χ2v) is 5.91. The fourth-order valence-corrected chi connectivity index (χ4v) is 3.07. The van der Waals surface area contributed by atoms with Gasteiger partial charge in [-0.2, -0.15) is 0 Å². The van der Waals surface area contributed by atoms with E-state index in [9.17, 15) is 4.79 Å². The molecule has 1 fully saturated rings. The van der Waals surface area contributed by atoms with E-state index in [1.165, 1.54) is 31.2 Å². The van der Waals surface area contributed by atoms with Crippen LogP contribution in [0.5, 0.6) is 5.75 Å². The molecule has 0 amide bonds. The summed E-state index contributed by atoms with van der Waals surface area (Å²) in [5.74, 6) is 2.64. The van der Waals surface area contributed by atoms with Crippen LogP contribution in [0, 0.1) is 5.92 Å². The summed E-state index contributed by atoms with van der Waals surface area (Å²) in [6, 6.07) is 6.21. The molecule has 104 valence electrons. The van der Waals surface area contributed by atoms with Gasteiger partial charge in [-0.15, -0.1) is 0 Å². The maximum Gasteiger partial charge on any atom is 0.134 e. The first-order chi connectivity index (χ1) is 9.10. The van der Waals surface area contributed by atoms with Crippen molar-refractivity contribution in [3.05, 3.63) is 29.3 Å². The van der Waals surface area contributed by atoms with Crippen molar-refractivity contribution < 1.29 is 9.53 Å². The van der Waals surface area contributed by atoms with Gasteiger partial charge in [0.25, 0.3) is 0 Å². The third-order valence-corrected chi connectivity index (χ3v) is 4.20. The van der Waals surface area contributed by atoms with Gasteiger partial charge in [0.05, 0.1) is 7.11 Å². The summed E-state index contributed by atoms with van der Waals surface area (Å²) in [6.45, 7) is 3.98. The van der Waals surface area contributed by atoms with Crippen LogP contribution in [0.1, 0.15) is 56.6 Å². The zero-order valence-electron chi connectivity index (χ0n) is 12.2. The van der Waals surface area contributed by atoms with E-state index in [0.29, 0.717) is 12.3 Å². The molecule has 0 bridgehead atoms. The molecule has 0 N–H and O–H groups in total. The van der Waals surface area contributed by atoms with Crippen LogP contribution < -0.4 is 4.74 Å². The third kappa shape index (κ3) is 3.59. The first-order valence-corrected chi connectivity index (χ1v) is 7.26. The Bertz CT molecular complexity index is 443. The highest BCUT2D eigenvalue weighted by Crippen LogP contribution is 2.39. The minimum atomic E-state index is 0.216. The monoisotopic (exact) mass is 260 g/mol. The van der Waals surface area contributed by atoms with Crippen LogP contribution >= 0.6 is 0 Å². The highest BCUT2D eigenvalue weighted by molar-refractivity contribution is 5.78. The zero-order valence-corrected chi connectivity index (χ0v) is 12.2. The summed E-state index contributed by atoms with van der Waals surface area (Å²) >= 11 is 0. The summed E-state index contributed by atoms with van der Waals surface area (Å²) in [5, 5.41) is 0. The molecule has 0 unspecified atom stereocenters. The number of ketones is 1. The van der Waals surface area contributed by atoms with Crippen LogP contribution in [0.15, 0.2) is 18.2 Å². The number of carbonyl (C=O) groups is 1. The van der Waals surface area contributed by atoms with Crippen molar-refractivity contribution in [2.75, 3.05) is 7.11 Å². The van der Waals surface area contributed by atoms with Gasteiger partial charge < -0.3 is 4.74 Å². The van der Waals surface area contributed by atoms with Crippen LogP contribution in [-0.4, -0.2) is 12.9 Å². The largest absolute Gasteiger partial charge is 0.496 e. The molecule has 1 aromatic rings. The molecule has 0 saturated heterocycles. The highest BCUT2D eigenvalue weighted by Gasteiger charge is 2.22. The molecule has 2 rings (SSSR count). The van der Waals surface area contributed by atoms with E-state index in [-0.39, 0.29) is 5.78 Å². The Morgan fingerprint density at radius 2 is 1.95 bits per heavy atom. The average molecular weight is 260 g/mol. The molecule has 2 nitrogen and oxygen atoms in total. The normalized spacial score (nSPS) is 23.1. The van der Waals surface area contributed by atoms with Gasteiger partial charge in [0.15, 0.2) is 0 Å². The molecular formula is C17H24O2. The third-order valence-electron chi connectivity index (χ3n) is 4.20. The molecule has 0 aromatic heterocycles. The van der Waals surface area contributed by atoms with Crippen LogP contribution in [0.2, 0.25) is 0 Å². The minimum absolute atomic E-state index is 0.216. The molecule has 0 atom stereocenters. The van der Waals surface area contributed by atoms with Gasteiger partial charge in [-0.25, -0.2) is 0 Å². The SMILES string of the molecule is COc1ccc(CC(C)=O)cc1C1CCC(C)CC1. The van der Waals surface area contributed by atoms with Crippen molar-refractivity contribution in [2.45, 2.75) is 51.9 Å². The maximum atomic E-state index is 11.3. The lowest BCUT2D eigenvalue weighted by molar-refractivity contribution is -0.116. The number of rotatable bonds is 4. The summed E-state index contributed by atoms with van der Waals surface area (Å²) in [7, 11) is 1.73. The summed E-state index contributed by atoms with van der Waals surface area (Å²) in [4.78, 5) is 11.3. The quantitative estimate of drug-likeness (QED) is 0.814. The molecule has 2 heteroatoms. The Balaban J connectivity index is 2.23. The van der Waals surface area contributed by atoms with E-state index >= 15 is 0 Å². The smallest absolute Gasteiger partial charge is 0.134 e. The Hall–Kier alpha value is -1.31. The molecule has 1 aliphatic carbocycles. The Kier molecular flexibility index (Phi) is 4.62. The maximum absolute atomic E-state index is 11.3. The topological polar surface area (TPSA) is 26.3 Å². The average Bonchev–Trinajstić information content (AvgIpc) is 2.39. The van der Waals surface area contributed by atoms with E-state index in [0.717, 1.165) is 17.2 Å². The van der Waals surface area contributed by atoms with Gasteiger partial charge in [-0.1, -0.05) is 31.9 Å². The Labute approximate surface area is 116 Å². The van der Waals surface area contributed by atoms with E-state index in [2.05, 4.69) is 13.0 Å². The van der Waals surface area contributed by atoms with Crippen molar-refractivity contribution in [2.24, 2.45) is 5.92 Å². The minimum Gasteiger partial charge on any atom is -0.496 e. The Morgan fingerprint density at radius 1 is 1.26 bits per heavy atom. The predicted octanol–water partition coefficient (Wildman–Crippen LogP) is 4.12. The molecule has 1 aromatic carbocycles. The van der Waals surface area contributed by atoms with E-state index < -0.39 is 0 Å². The fraction of sp³-hybridized carbons (Fsp3) is 0.588. The van der Waals surface area contributed by atoms with Crippen LogP contribution in [0.25, 0.3) is 0 Å². The first kappa shape index (κ1) is 14.1. The van der Waals surface area contributed by atoms with Gasteiger partial charge in [-0.05, 0) is 48.8 Å². The molecule has 1 aliphatic rings. The van der Waals surface area contributed by atoms with Gasteiger partial charge in [0.2, 0.25) is 0 Å². The van der Waals surface area contributed by atoms with E-state index in [1.807, 2.05) is 12.1 Å². The first-order valence-electron chi connectivity index (χ1n) is 7.26. The van der Waals surface area contributed by atoms with Crippen molar-refractivity contribution in [1.82, 2.24) is 0 Å². The number of methoxy groups -OCH3 is 1. The summed E-state index contributed by atoms with van der Waals surface area (Å²) < 4.78 is 5.50. The lowest BCUT2D eigenvalue weighted by Gasteiger charge is -2.28. The number of hydrogen-bond donors (Lipinski definition) is 0. The van der Waals surface area contributed by atoms with E-state index in [4.69, 9.17) is 4.74 Å². The van der Waals surface area contributed by atoms with Gasteiger partial charge in [0, 0.05) is 6.42 Å². The van der Waals surface area contributed by atoms with Gasteiger partial charge in [0.1, 0.15) is 11.5 Å². The lowest BCUT2D eigenvalue weighted by Crippen LogP contribution is -2.12. The molecular weight excluding hydrogens is 236 g/mol. The summed E-state index contributed by atoms with van der Waals surface area (Å²) in [6.07, 6.45) is 5.59. The van der Waals surface area contributed by atoms with Crippen LogP contribution in [0.4, 0.5) is 0 Å². The molecule has 0 heterocycles. The number of Topliss-reactive ketones (excluding diaryl/α,β-unsaturated/α-hetero) is 1. The van der Waals surface area contributed by atoms with Crippen LogP contribution in [-0.2, 0) is 11.2 Å². The summed E-state index contributed by atoms with van der Waals surface area (Å²) in [5.41, 5.74) is 2.41. The number of hydrogen-bond acceptors (Lipinski definition) is 2. The molecule has 0 spiro atoms. The number of carbonyl (C=O) groups excluding carboxylic acids is 1. The second kappa shape index (κ2) is 6.23. The van der Waals surface area contributed by atoms with Gasteiger partial charge >= 0.3 is 0 Å². The fourth-order valence-electron chi connectivity index (χ4n) is 3.07. The lowest BCUT2D eigenvalue weighted by atomic mass is 9.78. The van der Waals surface area contributed by atoms with Gasteiger partial charge in [-0.3, -0.25) is 4.79 Å². The zero-order chi connectivity index (χ0) is 13.8. The second-order valence-electron chi connectivity index (χ2n) is 5.91. The molecule has 1 saturated carbocycles. The van der Waals surface area contributed by atoms with E-state index in [1.54, 1.807) is 14.0 Å². The molecule has 0 aliphatic heterocycles. The number of benzene rings is 1. The predicted molar refractivity (Wildman–Crippen MR) is 77.8 cm³/mol. The van der Waals surface area contributed by atoms with Crippen molar-refractivity contribution in [3.63, 3.8) is 0 Å². The van der Waals surface area contributed by atoms with Crippen LogP contribution in [0.3, 0.4) is 0 Å². The Morgan fingerprint density at radius 3 is 2.53 bits per heavy atom. The standard InChI is InChI=1S/C17H24O2/c1-12-4-7-15(8-5-12)16-11-14(10-13(2)18)6-9-17(16)19-3/h6,9,11-12,15H,4-5,7-8,10H2,1-3H3. The van der Waals surface area contributed by atoms with Crippen molar-refractivity contribution in [3.8, 4) is 5.75 Å². The van der Waals surface area contributed by atoms with Crippen molar-refractivity contribution >= 4 is 5.78 Å².